The Balaban J connectivity index is 2.79. The summed E-state index contributed by atoms with van der Waals surface area (Å²) in [6.07, 6.45) is 5.62. The highest BCUT2D eigenvalue weighted by Crippen LogP contribution is 2.28. The standard InChI is InChI=1S/C14H20O3/c1-3-4-5-7-10-14(17-12(2)15)11-8-6-9-13(14)16/h3-6,8-9,11H2,1-2H3. The molecule has 1 aliphatic rings. The first-order valence-corrected chi connectivity index (χ1v) is 6.33. The van der Waals surface area contributed by atoms with Crippen molar-refractivity contribution in [1.82, 2.24) is 0 Å². The lowest BCUT2D eigenvalue weighted by molar-refractivity contribution is -0.161. The van der Waals surface area contributed by atoms with E-state index in [4.69, 9.17) is 4.74 Å². The van der Waals surface area contributed by atoms with Gasteiger partial charge in [-0.3, -0.25) is 9.59 Å². The SMILES string of the molecule is CCCCC#CC1(OC(C)=O)CCCCC1=O. The summed E-state index contributed by atoms with van der Waals surface area (Å²) in [6.45, 7) is 3.42. The second kappa shape index (κ2) is 6.44. The van der Waals surface area contributed by atoms with Gasteiger partial charge in [0.1, 0.15) is 0 Å². The van der Waals surface area contributed by atoms with Crippen molar-refractivity contribution < 1.29 is 14.3 Å². The lowest BCUT2D eigenvalue weighted by Gasteiger charge is -2.30. The van der Waals surface area contributed by atoms with Crippen LogP contribution in [-0.4, -0.2) is 17.4 Å². The number of rotatable bonds is 3. The zero-order valence-corrected chi connectivity index (χ0v) is 10.7. The smallest absolute Gasteiger partial charge is 0.304 e. The minimum Gasteiger partial charge on any atom is -0.438 e. The van der Waals surface area contributed by atoms with Crippen molar-refractivity contribution in [3.8, 4) is 11.8 Å². The molecule has 0 N–H and O–H groups in total. The van der Waals surface area contributed by atoms with Gasteiger partial charge in [0.2, 0.25) is 5.60 Å². The van der Waals surface area contributed by atoms with Gasteiger partial charge in [0.15, 0.2) is 5.78 Å². The molecule has 0 heterocycles. The van der Waals surface area contributed by atoms with Gasteiger partial charge in [-0.15, -0.1) is 0 Å². The maximum atomic E-state index is 11.9. The Morgan fingerprint density at radius 3 is 2.82 bits per heavy atom. The third-order valence-electron chi connectivity index (χ3n) is 2.90. The highest BCUT2D eigenvalue weighted by atomic mass is 16.6. The molecule has 0 amide bonds. The van der Waals surface area contributed by atoms with Gasteiger partial charge < -0.3 is 4.74 Å². The first-order valence-electron chi connectivity index (χ1n) is 6.33. The molecule has 0 aliphatic heterocycles. The van der Waals surface area contributed by atoms with Crippen molar-refractivity contribution in [3.63, 3.8) is 0 Å². The second-order valence-corrected chi connectivity index (χ2v) is 4.46. The first kappa shape index (κ1) is 13.8. The number of esters is 1. The van der Waals surface area contributed by atoms with Gasteiger partial charge in [-0.25, -0.2) is 0 Å². The van der Waals surface area contributed by atoms with Crippen LogP contribution in [0.1, 0.15) is 58.8 Å². The van der Waals surface area contributed by atoms with E-state index in [1.165, 1.54) is 6.92 Å². The van der Waals surface area contributed by atoms with Crippen LogP contribution < -0.4 is 0 Å². The molecule has 3 heteroatoms. The van der Waals surface area contributed by atoms with E-state index in [9.17, 15) is 9.59 Å². The van der Waals surface area contributed by atoms with E-state index in [-0.39, 0.29) is 5.78 Å². The predicted octanol–water partition coefficient (Wildman–Crippen LogP) is 2.63. The van der Waals surface area contributed by atoms with Crippen molar-refractivity contribution in [3.05, 3.63) is 0 Å². The zero-order valence-electron chi connectivity index (χ0n) is 10.7. The third-order valence-corrected chi connectivity index (χ3v) is 2.90. The van der Waals surface area contributed by atoms with E-state index < -0.39 is 11.6 Å². The summed E-state index contributed by atoms with van der Waals surface area (Å²) in [5, 5.41) is 0. The zero-order chi connectivity index (χ0) is 12.7. The molecule has 0 saturated heterocycles. The summed E-state index contributed by atoms with van der Waals surface area (Å²) in [7, 11) is 0. The molecule has 1 fully saturated rings. The maximum Gasteiger partial charge on any atom is 0.304 e. The summed E-state index contributed by atoms with van der Waals surface area (Å²) in [5.74, 6) is 5.43. The molecule has 17 heavy (non-hydrogen) atoms. The van der Waals surface area contributed by atoms with Crippen LogP contribution in [0.15, 0.2) is 0 Å². The fourth-order valence-corrected chi connectivity index (χ4v) is 1.98. The summed E-state index contributed by atoms with van der Waals surface area (Å²) < 4.78 is 5.21. The fraction of sp³-hybridized carbons (Fsp3) is 0.714. The largest absolute Gasteiger partial charge is 0.438 e. The van der Waals surface area contributed by atoms with E-state index in [1.54, 1.807) is 0 Å². The summed E-state index contributed by atoms with van der Waals surface area (Å²) >= 11 is 0. The van der Waals surface area contributed by atoms with E-state index in [0.717, 1.165) is 32.1 Å². The first-order chi connectivity index (χ1) is 8.10. The molecule has 1 saturated carbocycles. The number of hydrogen-bond acceptors (Lipinski definition) is 3. The molecule has 0 aromatic heterocycles. The van der Waals surface area contributed by atoms with Crippen molar-refractivity contribution >= 4 is 11.8 Å². The molecule has 3 nitrogen and oxygen atoms in total. The van der Waals surface area contributed by atoms with Gasteiger partial charge >= 0.3 is 5.97 Å². The molecule has 0 bridgehead atoms. The van der Waals surface area contributed by atoms with Crippen LogP contribution in [0.4, 0.5) is 0 Å². The van der Waals surface area contributed by atoms with E-state index in [1.807, 2.05) is 0 Å². The van der Waals surface area contributed by atoms with E-state index in [2.05, 4.69) is 18.8 Å². The van der Waals surface area contributed by atoms with Crippen molar-refractivity contribution in [2.24, 2.45) is 0 Å². The molecule has 1 unspecified atom stereocenters. The lowest BCUT2D eigenvalue weighted by Crippen LogP contribution is -2.44. The minimum absolute atomic E-state index is 0.0389. The Morgan fingerprint density at radius 2 is 2.24 bits per heavy atom. The van der Waals surface area contributed by atoms with Crippen LogP contribution in [0.5, 0.6) is 0 Å². The molecule has 0 aromatic carbocycles. The van der Waals surface area contributed by atoms with Gasteiger partial charge in [0, 0.05) is 26.2 Å². The maximum absolute atomic E-state index is 11.9. The van der Waals surface area contributed by atoms with Crippen LogP contribution in [0, 0.1) is 11.8 Å². The Labute approximate surface area is 103 Å². The summed E-state index contributed by atoms with van der Waals surface area (Å²) in [5.41, 5.74) is -1.14. The fourth-order valence-electron chi connectivity index (χ4n) is 1.98. The molecular weight excluding hydrogens is 216 g/mol. The van der Waals surface area contributed by atoms with Gasteiger partial charge in [0.25, 0.3) is 0 Å². The van der Waals surface area contributed by atoms with Gasteiger partial charge in [0.05, 0.1) is 0 Å². The second-order valence-electron chi connectivity index (χ2n) is 4.46. The Morgan fingerprint density at radius 1 is 1.47 bits per heavy atom. The minimum atomic E-state index is -1.14. The number of carbonyl (C=O) groups is 2. The molecule has 94 valence electrons. The van der Waals surface area contributed by atoms with E-state index in [0.29, 0.717) is 12.8 Å². The average Bonchev–Trinajstić information content (AvgIpc) is 2.28. The van der Waals surface area contributed by atoms with Crippen molar-refractivity contribution in [2.75, 3.05) is 0 Å². The highest BCUT2D eigenvalue weighted by molar-refractivity contribution is 5.93. The van der Waals surface area contributed by atoms with Crippen molar-refractivity contribution in [1.29, 1.82) is 0 Å². The number of carbonyl (C=O) groups excluding carboxylic acids is 2. The normalized spacial score (nSPS) is 23.8. The van der Waals surface area contributed by atoms with Gasteiger partial charge in [-0.2, -0.15) is 0 Å². The lowest BCUT2D eigenvalue weighted by atomic mass is 9.83. The molecule has 1 aliphatic carbocycles. The number of hydrogen-bond donors (Lipinski definition) is 0. The average molecular weight is 236 g/mol. The number of ether oxygens (including phenoxy) is 1. The molecule has 0 aromatic rings. The quantitative estimate of drug-likeness (QED) is 0.430. The van der Waals surface area contributed by atoms with Crippen LogP contribution in [0.25, 0.3) is 0 Å². The monoisotopic (exact) mass is 236 g/mol. The topological polar surface area (TPSA) is 43.4 Å². The van der Waals surface area contributed by atoms with Crippen LogP contribution in [-0.2, 0) is 14.3 Å². The number of unbranched alkanes of at least 4 members (excludes halogenated alkanes) is 2. The van der Waals surface area contributed by atoms with Gasteiger partial charge in [-0.05, 0) is 25.2 Å². The Kier molecular flexibility index (Phi) is 5.21. The Bertz CT molecular complexity index is 348. The molecule has 1 atom stereocenters. The van der Waals surface area contributed by atoms with Gasteiger partial charge in [-0.1, -0.05) is 19.3 Å². The van der Waals surface area contributed by atoms with Crippen LogP contribution in [0.2, 0.25) is 0 Å². The van der Waals surface area contributed by atoms with Crippen LogP contribution in [0.3, 0.4) is 0 Å². The summed E-state index contributed by atoms with van der Waals surface area (Å²) in [6, 6.07) is 0. The number of ketones is 1. The van der Waals surface area contributed by atoms with Crippen LogP contribution >= 0.6 is 0 Å². The predicted molar refractivity (Wildman–Crippen MR) is 65.3 cm³/mol. The molecular formula is C14H20O3. The number of Topliss-reactive ketones (excluding diaryl/α,β-unsaturated/α-hetero) is 1. The Hall–Kier alpha value is -1.30. The molecule has 0 radical (unpaired) electrons. The van der Waals surface area contributed by atoms with E-state index >= 15 is 0 Å². The summed E-state index contributed by atoms with van der Waals surface area (Å²) in [4.78, 5) is 23.0. The van der Waals surface area contributed by atoms with Crippen molar-refractivity contribution in [2.45, 2.75) is 64.4 Å². The molecule has 0 spiro atoms. The third kappa shape index (κ3) is 3.89. The highest BCUT2D eigenvalue weighted by Gasteiger charge is 2.41. The molecule has 1 rings (SSSR count).